The van der Waals surface area contributed by atoms with Gasteiger partial charge in [0, 0.05) is 43.7 Å². The molecule has 180 valence electrons. The lowest BCUT2D eigenvalue weighted by molar-refractivity contribution is 0.102. The topological polar surface area (TPSA) is 94.6 Å². The number of anilines is 1. The van der Waals surface area contributed by atoms with Crippen molar-refractivity contribution in [3.63, 3.8) is 0 Å². The fourth-order valence-electron chi connectivity index (χ4n) is 3.98. The number of aromatic nitrogens is 1. The van der Waals surface area contributed by atoms with Crippen molar-refractivity contribution in [3.05, 3.63) is 70.7 Å². The SMILES string of the molecule is O=C(c1ccc2ncc(N3CCNCC3)cc2c1)c1c(F)c(F)cc(CCCNS(=O)O)c1F. The maximum atomic E-state index is 15.1. The predicted octanol–water partition coefficient (Wildman–Crippen LogP) is 2.95. The average molecular weight is 493 g/mol. The first-order valence-corrected chi connectivity index (χ1v) is 11.9. The first kappa shape index (κ1) is 24.3. The summed E-state index contributed by atoms with van der Waals surface area (Å²) >= 11 is -2.23. The van der Waals surface area contributed by atoms with Crippen LogP contribution < -0.4 is 14.9 Å². The van der Waals surface area contributed by atoms with Gasteiger partial charge in [0.1, 0.15) is 5.82 Å². The van der Waals surface area contributed by atoms with E-state index in [4.69, 9.17) is 4.55 Å². The Bertz CT molecular complexity index is 1250. The zero-order chi connectivity index (χ0) is 24.2. The Morgan fingerprint density at radius 3 is 2.65 bits per heavy atom. The van der Waals surface area contributed by atoms with E-state index in [1.54, 1.807) is 12.3 Å². The third-order valence-corrected chi connectivity index (χ3v) is 6.17. The van der Waals surface area contributed by atoms with E-state index < -0.39 is 40.1 Å². The zero-order valence-electron chi connectivity index (χ0n) is 18.1. The van der Waals surface area contributed by atoms with Gasteiger partial charge in [-0.15, -0.1) is 0 Å². The van der Waals surface area contributed by atoms with Crippen molar-refractivity contribution in [2.75, 3.05) is 37.6 Å². The van der Waals surface area contributed by atoms with Crippen LogP contribution in [0.4, 0.5) is 18.9 Å². The Labute approximate surface area is 196 Å². The van der Waals surface area contributed by atoms with E-state index in [9.17, 15) is 17.8 Å². The second kappa shape index (κ2) is 10.6. The van der Waals surface area contributed by atoms with Crippen molar-refractivity contribution in [1.29, 1.82) is 0 Å². The maximum absolute atomic E-state index is 15.1. The number of carbonyl (C=O) groups excluding carboxylic acids is 1. The Morgan fingerprint density at radius 2 is 1.91 bits per heavy atom. The Kier molecular flexibility index (Phi) is 7.57. The molecule has 4 rings (SSSR count). The molecule has 2 aromatic carbocycles. The number of hydrogen-bond donors (Lipinski definition) is 3. The number of benzene rings is 2. The van der Waals surface area contributed by atoms with Gasteiger partial charge in [-0.3, -0.25) is 14.3 Å². The van der Waals surface area contributed by atoms with Crippen LogP contribution in [0.1, 0.15) is 27.9 Å². The normalized spacial score (nSPS) is 15.0. The van der Waals surface area contributed by atoms with E-state index in [-0.39, 0.29) is 30.5 Å². The largest absolute Gasteiger partial charge is 0.368 e. The van der Waals surface area contributed by atoms with Crippen LogP contribution in [0.15, 0.2) is 36.5 Å². The molecule has 0 spiro atoms. The standard InChI is InChI=1S/C23H23F3N4O3S/c24-18-12-14(2-1-5-29-34(32)33)21(25)20(22(18)26)23(31)15-3-4-19-16(10-15)11-17(13-28-19)30-8-6-27-7-9-30/h3-4,10-13,27,29H,1-2,5-9H2,(H,32,33). The van der Waals surface area contributed by atoms with Crippen molar-refractivity contribution in [2.24, 2.45) is 0 Å². The summed E-state index contributed by atoms with van der Waals surface area (Å²) in [7, 11) is 0. The van der Waals surface area contributed by atoms with E-state index >= 15 is 4.39 Å². The molecule has 1 unspecified atom stereocenters. The second-order valence-corrected chi connectivity index (χ2v) is 8.72. The molecule has 1 aliphatic rings. The van der Waals surface area contributed by atoms with Crippen LogP contribution in [0.2, 0.25) is 0 Å². The Morgan fingerprint density at radius 1 is 1.15 bits per heavy atom. The van der Waals surface area contributed by atoms with E-state index in [1.807, 2.05) is 6.07 Å². The number of nitrogens with one attached hydrogen (secondary N) is 2. The molecular weight excluding hydrogens is 469 g/mol. The number of aryl methyl sites for hydroxylation is 1. The second-order valence-electron chi connectivity index (χ2n) is 7.93. The summed E-state index contributed by atoms with van der Waals surface area (Å²) in [6.07, 6.45) is 1.87. The lowest BCUT2D eigenvalue weighted by Gasteiger charge is -2.29. The summed E-state index contributed by atoms with van der Waals surface area (Å²) in [4.78, 5) is 19.6. The zero-order valence-corrected chi connectivity index (χ0v) is 18.9. The number of hydrogen-bond acceptors (Lipinski definition) is 5. The number of ketones is 1. The van der Waals surface area contributed by atoms with Crippen molar-refractivity contribution in [2.45, 2.75) is 12.8 Å². The third-order valence-electron chi connectivity index (χ3n) is 5.72. The van der Waals surface area contributed by atoms with Crippen LogP contribution in [0, 0.1) is 17.5 Å². The molecule has 11 heteroatoms. The van der Waals surface area contributed by atoms with Crippen LogP contribution in [0.3, 0.4) is 0 Å². The fraction of sp³-hybridized carbons (Fsp3) is 0.304. The highest BCUT2D eigenvalue weighted by molar-refractivity contribution is 7.77. The predicted molar refractivity (Wildman–Crippen MR) is 124 cm³/mol. The first-order chi connectivity index (χ1) is 16.3. The summed E-state index contributed by atoms with van der Waals surface area (Å²) in [5, 5.41) is 3.90. The van der Waals surface area contributed by atoms with Gasteiger partial charge in [0.05, 0.1) is 23.0 Å². The van der Waals surface area contributed by atoms with Crippen LogP contribution in [-0.2, 0) is 17.7 Å². The number of rotatable bonds is 8. The minimum atomic E-state index is -2.23. The van der Waals surface area contributed by atoms with Crippen molar-refractivity contribution < 1.29 is 26.7 Å². The van der Waals surface area contributed by atoms with Crippen LogP contribution in [-0.4, -0.2) is 52.3 Å². The lowest BCUT2D eigenvalue weighted by atomic mass is 9.96. The maximum Gasteiger partial charge on any atom is 0.231 e. The number of carbonyl (C=O) groups is 1. The van der Waals surface area contributed by atoms with Crippen molar-refractivity contribution in [3.8, 4) is 0 Å². The van der Waals surface area contributed by atoms with Gasteiger partial charge in [0.2, 0.25) is 11.3 Å². The lowest BCUT2D eigenvalue weighted by Crippen LogP contribution is -2.43. The molecule has 34 heavy (non-hydrogen) atoms. The Hall–Kier alpha value is -2.86. The van der Waals surface area contributed by atoms with Gasteiger partial charge in [-0.2, -0.15) is 0 Å². The van der Waals surface area contributed by atoms with Crippen LogP contribution in [0.25, 0.3) is 10.9 Å². The highest BCUT2D eigenvalue weighted by Gasteiger charge is 2.25. The van der Waals surface area contributed by atoms with Crippen molar-refractivity contribution >= 4 is 33.6 Å². The molecule has 2 heterocycles. The summed E-state index contributed by atoms with van der Waals surface area (Å²) in [6, 6.07) is 7.07. The van der Waals surface area contributed by atoms with Gasteiger partial charge in [0.25, 0.3) is 0 Å². The molecule has 1 aromatic heterocycles. The number of pyridine rings is 1. The molecule has 0 aliphatic carbocycles. The average Bonchev–Trinajstić information content (AvgIpc) is 2.84. The van der Waals surface area contributed by atoms with Gasteiger partial charge in [0.15, 0.2) is 17.4 Å². The summed E-state index contributed by atoms with van der Waals surface area (Å²) in [5.74, 6) is -4.99. The number of halogens is 3. The smallest absolute Gasteiger partial charge is 0.231 e. The quantitative estimate of drug-likeness (QED) is 0.194. The highest BCUT2D eigenvalue weighted by atomic mass is 32.2. The summed E-state index contributed by atoms with van der Waals surface area (Å²) in [5.41, 5.74) is 0.362. The summed E-state index contributed by atoms with van der Waals surface area (Å²) < 4.78 is 65.4. The molecule has 0 saturated carbocycles. The van der Waals surface area contributed by atoms with Gasteiger partial charge in [-0.1, -0.05) is 0 Å². The van der Waals surface area contributed by atoms with Crippen LogP contribution in [0.5, 0.6) is 0 Å². The van der Waals surface area contributed by atoms with E-state index in [2.05, 4.69) is 19.9 Å². The fourth-order valence-corrected chi connectivity index (χ4v) is 4.30. The van der Waals surface area contributed by atoms with Crippen LogP contribution >= 0.6 is 0 Å². The molecule has 1 saturated heterocycles. The van der Waals surface area contributed by atoms with Crippen molar-refractivity contribution in [1.82, 2.24) is 15.0 Å². The molecule has 0 amide bonds. The third kappa shape index (κ3) is 5.27. The molecule has 0 radical (unpaired) electrons. The Balaban J connectivity index is 1.64. The molecule has 1 fully saturated rings. The molecule has 1 atom stereocenters. The number of nitrogens with zero attached hydrogens (tertiary/aromatic N) is 2. The molecule has 3 aromatic rings. The molecule has 3 N–H and O–H groups in total. The van der Waals surface area contributed by atoms with E-state index in [1.165, 1.54) is 12.1 Å². The monoisotopic (exact) mass is 492 g/mol. The highest BCUT2D eigenvalue weighted by Crippen LogP contribution is 2.27. The minimum absolute atomic E-state index is 0.0125. The van der Waals surface area contributed by atoms with Gasteiger partial charge >= 0.3 is 0 Å². The molecule has 7 nitrogen and oxygen atoms in total. The van der Waals surface area contributed by atoms with E-state index in [0.717, 1.165) is 31.9 Å². The molecule has 0 bridgehead atoms. The molecule has 1 aliphatic heterocycles. The molecular formula is C23H23F3N4O3S. The van der Waals surface area contributed by atoms with Gasteiger partial charge in [-0.05, 0) is 48.7 Å². The van der Waals surface area contributed by atoms with Gasteiger partial charge < -0.3 is 10.2 Å². The minimum Gasteiger partial charge on any atom is -0.368 e. The van der Waals surface area contributed by atoms with E-state index in [0.29, 0.717) is 17.0 Å². The first-order valence-electron chi connectivity index (χ1n) is 10.8. The number of piperazine rings is 1. The van der Waals surface area contributed by atoms with Gasteiger partial charge in [-0.25, -0.2) is 22.1 Å². The summed E-state index contributed by atoms with van der Waals surface area (Å²) in [6.45, 7) is 3.34. The number of fused-ring (bicyclic) bond motifs is 1.